The summed E-state index contributed by atoms with van der Waals surface area (Å²) in [6.07, 6.45) is 2.49. The van der Waals surface area contributed by atoms with Crippen LogP contribution in [0.3, 0.4) is 0 Å². The van der Waals surface area contributed by atoms with Crippen molar-refractivity contribution >= 4 is 23.4 Å². The summed E-state index contributed by atoms with van der Waals surface area (Å²) in [6.45, 7) is 2.20. The lowest BCUT2D eigenvalue weighted by Gasteiger charge is -2.00. The van der Waals surface area contributed by atoms with Crippen molar-refractivity contribution < 1.29 is 0 Å². The Bertz CT molecular complexity index is 252. The Hall–Kier alpha value is -0.210. The summed E-state index contributed by atoms with van der Waals surface area (Å²) in [4.78, 5) is 4.39. The summed E-state index contributed by atoms with van der Waals surface area (Å²) in [5.41, 5.74) is 0.961. The molecule has 3 heteroatoms. The molecule has 0 atom stereocenters. The van der Waals surface area contributed by atoms with Crippen LogP contribution in [-0.2, 0) is 5.88 Å². The molecule has 1 rings (SSSR count). The highest BCUT2D eigenvalue weighted by Gasteiger charge is 1.96. The van der Waals surface area contributed by atoms with E-state index in [2.05, 4.69) is 11.9 Å². The number of pyridine rings is 1. The van der Waals surface area contributed by atoms with Gasteiger partial charge in [-0.1, -0.05) is 19.4 Å². The number of aromatic nitrogens is 1. The predicted octanol–water partition coefficient (Wildman–Crippen LogP) is 3.71. The maximum absolute atomic E-state index is 5.69. The van der Waals surface area contributed by atoms with Gasteiger partial charge in [0.15, 0.2) is 0 Å². The number of hydrogen-bond donors (Lipinski definition) is 0. The van der Waals surface area contributed by atoms with Gasteiger partial charge < -0.3 is 0 Å². The minimum absolute atomic E-state index is 0.502. The van der Waals surface area contributed by atoms with E-state index in [9.17, 15) is 0 Å². The molecule has 1 aromatic heterocycles. The summed E-state index contributed by atoms with van der Waals surface area (Å²) in [6, 6.07) is 6.01. The van der Waals surface area contributed by atoms with Crippen molar-refractivity contribution in [3.05, 3.63) is 23.9 Å². The average molecular weight is 216 g/mol. The summed E-state index contributed by atoms with van der Waals surface area (Å²) < 4.78 is 0. The SMILES string of the molecule is CCCCSc1cccc(CCl)n1. The molecule has 0 fully saturated rings. The summed E-state index contributed by atoms with van der Waals surface area (Å²) in [5.74, 6) is 1.65. The smallest absolute Gasteiger partial charge is 0.0963 e. The number of thioether (sulfide) groups is 1. The van der Waals surface area contributed by atoms with Crippen molar-refractivity contribution in [2.75, 3.05) is 5.75 Å². The molecule has 0 radical (unpaired) electrons. The molecule has 72 valence electrons. The van der Waals surface area contributed by atoms with Crippen molar-refractivity contribution in [3.63, 3.8) is 0 Å². The van der Waals surface area contributed by atoms with E-state index in [4.69, 9.17) is 11.6 Å². The Morgan fingerprint density at radius 2 is 2.31 bits per heavy atom. The molecular weight excluding hydrogens is 202 g/mol. The zero-order chi connectivity index (χ0) is 9.52. The van der Waals surface area contributed by atoms with E-state index in [1.165, 1.54) is 12.8 Å². The van der Waals surface area contributed by atoms with Crippen LogP contribution < -0.4 is 0 Å². The molecule has 0 unspecified atom stereocenters. The molecule has 0 spiro atoms. The Kier molecular flexibility index (Phi) is 5.25. The predicted molar refractivity (Wildman–Crippen MR) is 59.4 cm³/mol. The van der Waals surface area contributed by atoms with Crippen LogP contribution in [0.15, 0.2) is 23.2 Å². The topological polar surface area (TPSA) is 12.9 Å². The van der Waals surface area contributed by atoms with Gasteiger partial charge in [-0.2, -0.15) is 0 Å². The van der Waals surface area contributed by atoms with Crippen LogP contribution in [0.2, 0.25) is 0 Å². The largest absolute Gasteiger partial charge is 0.245 e. The third-order valence-electron chi connectivity index (χ3n) is 1.67. The Morgan fingerprint density at radius 1 is 1.46 bits per heavy atom. The first-order valence-corrected chi connectivity index (χ1v) is 6.03. The van der Waals surface area contributed by atoms with Crippen LogP contribution in [0.1, 0.15) is 25.5 Å². The number of nitrogens with zero attached hydrogens (tertiary/aromatic N) is 1. The van der Waals surface area contributed by atoms with Gasteiger partial charge in [0.05, 0.1) is 16.6 Å². The lowest BCUT2D eigenvalue weighted by Crippen LogP contribution is -1.87. The Balaban J connectivity index is 2.46. The molecule has 0 bridgehead atoms. The molecule has 0 aliphatic rings. The first-order valence-electron chi connectivity index (χ1n) is 4.51. The minimum Gasteiger partial charge on any atom is -0.245 e. The summed E-state index contributed by atoms with van der Waals surface area (Å²) >= 11 is 7.49. The molecule has 1 aromatic rings. The fourth-order valence-corrected chi connectivity index (χ4v) is 2.08. The fourth-order valence-electron chi connectivity index (χ4n) is 0.933. The molecule has 1 heterocycles. The van der Waals surface area contributed by atoms with E-state index in [-0.39, 0.29) is 0 Å². The van der Waals surface area contributed by atoms with Crippen molar-refractivity contribution in [1.82, 2.24) is 4.98 Å². The van der Waals surface area contributed by atoms with Crippen LogP contribution in [0.25, 0.3) is 0 Å². The van der Waals surface area contributed by atoms with Gasteiger partial charge in [0.1, 0.15) is 0 Å². The maximum atomic E-state index is 5.69. The van der Waals surface area contributed by atoms with Gasteiger partial charge in [-0.25, -0.2) is 4.98 Å². The Morgan fingerprint density at radius 3 is 3.00 bits per heavy atom. The molecule has 0 aliphatic carbocycles. The third-order valence-corrected chi connectivity index (χ3v) is 2.96. The van der Waals surface area contributed by atoms with Crippen LogP contribution in [-0.4, -0.2) is 10.7 Å². The van der Waals surface area contributed by atoms with Crippen molar-refractivity contribution in [2.45, 2.75) is 30.7 Å². The van der Waals surface area contributed by atoms with E-state index < -0.39 is 0 Å². The molecular formula is C10H14ClNS. The second kappa shape index (κ2) is 6.28. The highest BCUT2D eigenvalue weighted by atomic mass is 35.5. The van der Waals surface area contributed by atoms with E-state index in [1.807, 2.05) is 18.2 Å². The second-order valence-corrected chi connectivity index (χ2v) is 4.19. The number of alkyl halides is 1. The molecule has 0 saturated carbocycles. The van der Waals surface area contributed by atoms with Crippen molar-refractivity contribution in [1.29, 1.82) is 0 Å². The number of rotatable bonds is 5. The number of hydrogen-bond acceptors (Lipinski definition) is 2. The van der Waals surface area contributed by atoms with Crippen molar-refractivity contribution in [2.24, 2.45) is 0 Å². The first-order chi connectivity index (χ1) is 6.36. The first kappa shape index (κ1) is 10.9. The molecule has 0 aliphatic heterocycles. The van der Waals surface area contributed by atoms with Gasteiger partial charge >= 0.3 is 0 Å². The summed E-state index contributed by atoms with van der Waals surface area (Å²) in [5, 5.41) is 1.09. The molecule has 0 aromatic carbocycles. The highest BCUT2D eigenvalue weighted by molar-refractivity contribution is 7.99. The van der Waals surface area contributed by atoms with E-state index in [0.29, 0.717) is 5.88 Å². The molecule has 1 nitrogen and oxygen atoms in total. The van der Waals surface area contributed by atoms with Gasteiger partial charge in [-0.3, -0.25) is 0 Å². The molecule has 0 N–H and O–H groups in total. The molecule has 0 amide bonds. The number of unbranched alkanes of at least 4 members (excludes halogenated alkanes) is 1. The van der Waals surface area contributed by atoms with Gasteiger partial charge in [0.25, 0.3) is 0 Å². The lowest BCUT2D eigenvalue weighted by molar-refractivity contribution is 0.894. The zero-order valence-electron chi connectivity index (χ0n) is 7.79. The Labute approximate surface area is 88.9 Å². The van der Waals surface area contributed by atoms with Crippen LogP contribution >= 0.6 is 23.4 Å². The third kappa shape index (κ3) is 4.01. The summed E-state index contributed by atoms with van der Waals surface area (Å²) in [7, 11) is 0. The van der Waals surface area contributed by atoms with Gasteiger partial charge in [-0.15, -0.1) is 23.4 Å². The minimum atomic E-state index is 0.502. The van der Waals surface area contributed by atoms with Crippen LogP contribution in [0, 0.1) is 0 Å². The monoisotopic (exact) mass is 215 g/mol. The average Bonchev–Trinajstić information content (AvgIpc) is 2.19. The van der Waals surface area contributed by atoms with Crippen LogP contribution in [0.4, 0.5) is 0 Å². The van der Waals surface area contributed by atoms with Gasteiger partial charge in [0.2, 0.25) is 0 Å². The molecule has 0 saturated heterocycles. The maximum Gasteiger partial charge on any atom is 0.0963 e. The van der Waals surface area contributed by atoms with Gasteiger partial charge in [0, 0.05) is 0 Å². The highest BCUT2D eigenvalue weighted by Crippen LogP contribution is 2.17. The standard InChI is InChI=1S/C10H14ClNS/c1-2-3-7-13-10-6-4-5-9(8-11)12-10/h4-6H,2-3,7-8H2,1H3. The zero-order valence-corrected chi connectivity index (χ0v) is 9.37. The van der Waals surface area contributed by atoms with E-state index >= 15 is 0 Å². The number of halogens is 1. The van der Waals surface area contributed by atoms with Gasteiger partial charge in [-0.05, 0) is 24.3 Å². The quantitative estimate of drug-likeness (QED) is 0.422. The van der Waals surface area contributed by atoms with E-state index in [0.717, 1.165) is 16.5 Å². The second-order valence-electron chi connectivity index (χ2n) is 2.80. The van der Waals surface area contributed by atoms with Crippen molar-refractivity contribution in [3.8, 4) is 0 Å². The lowest BCUT2D eigenvalue weighted by atomic mass is 10.4. The fraction of sp³-hybridized carbons (Fsp3) is 0.500. The van der Waals surface area contributed by atoms with E-state index in [1.54, 1.807) is 11.8 Å². The van der Waals surface area contributed by atoms with Crippen LogP contribution in [0.5, 0.6) is 0 Å². The molecule has 13 heavy (non-hydrogen) atoms. The normalized spacial score (nSPS) is 10.3.